The van der Waals surface area contributed by atoms with E-state index in [1.807, 2.05) is 6.92 Å². The minimum atomic E-state index is 0.205. The zero-order chi connectivity index (χ0) is 10.6. The second-order valence-corrected chi connectivity index (χ2v) is 4.96. The quantitative estimate of drug-likeness (QED) is 0.493. The van der Waals surface area contributed by atoms with Gasteiger partial charge in [0, 0.05) is 5.92 Å². The fraction of sp³-hybridized carbons (Fsp3) is 0.769. The van der Waals surface area contributed by atoms with Gasteiger partial charge in [0.25, 0.3) is 0 Å². The van der Waals surface area contributed by atoms with Crippen LogP contribution in [0.1, 0.15) is 46.5 Å². The lowest BCUT2D eigenvalue weighted by atomic mass is 9.81. The Morgan fingerprint density at radius 1 is 1.50 bits per heavy atom. The number of aldehydes is 1. The lowest BCUT2D eigenvalue weighted by Crippen LogP contribution is -2.13. The molecule has 0 radical (unpaired) electrons. The van der Waals surface area contributed by atoms with Crippen molar-refractivity contribution in [3.8, 4) is 0 Å². The number of allylic oxidation sites excluding steroid dienone is 2. The highest BCUT2D eigenvalue weighted by Gasteiger charge is 2.17. The molecule has 0 aromatic carbocycles. The maximum absolute atomic E-state index is 10.5. The minimum Gasteiger partial charge on any atom is -0.303 e. The summed E-state index contributed by atoms with van der Waals surface area (Å²) in [6, 6.07) is 0. The van der Waals surface area contributed by atoms with Crippen molar-refractivity contribution >= 4 is 6.29 Å². The van der Waals surface area contributed by atoms with Crippen molar-refractivity contribution in [1.29, 1.82) is 0 Å². The molecule has 1 aliphatic rings. The van der Waals surface area contributed by atoms with Crippen LogP contribution in [0.15, 0.2) is 11.6 Å². The van der Waals surface area contributed by atoms with E-state index in [1.165, 1.54) is 24.8 Å². The van der Waals surface area contributed by atoms with E-state index in [-0.39, 0.29) is 5.92 Å². The molecule has 0 unspecified atom stereocenters. The smallest absolute Gasteiger partial charge is 0.123 e. The maximum atomic E-state index is 10.5. The molecular formula is C13H22O. The molecule has 1 heteroatoms. The van der Waals surface area contributed by atoms with Gasteiger partial charge < -0.3 is 4.79 Å². The zero-order valence-corrected chi connectivity index (χ0v) is 9.62. The molecule has 0 spiro atoms. The molecule has 0 aromatic heterocycles. The number of hydrogen-bond acceptors (Lipinski definition) is 1. The van der Waals surface area contributed by atoms with Gasteiger partial charge in [-0.25, -0.2) is 0 Å². The Labute approximate surface area is 87.6 Å². The summed E-state index contributed by atoms with van der Waals surface area (Å²) >= 11 is 0. The van der Waals surface area contributed by atoms with Crippen LogP contribution in [-0.2, 0) is 4.79 Å². The van der Waals surface area contributed by atoms with Gasteiger partial charge in [0.15, 0.2) is 0 Å². The molecule has 0 aromatic rings. The topological polar surface area (TPSA) is 17.1 Å². The summed E-state index contributed by atoms with van der Waals surface area (Å²) in [5.41, 5.74) is 1.50. The molecule has 0 aliphatic heterocycles. The van der Waals surface area contributed by atoms with Gasteiger partial charge in [-0.1, -0.05) is 32.4 Å². The molecule has 0 bridgehead atoms. The molecule has 0 amide bonds. The van der Waals surface area contributed by atoms with Gasteiger partial charge in [-0.15, -0.1) is 0 Å². The Hall–Kier alpha value is -0.590. The first-order valence-electron chi connectivity index (χ1n) is 5.76. The Kier molecular flexibility index (Phi) is 4.37. The van der Waals surface area contributed by atoms with Crippen molar-refractivity contribution in [2.45, 2.75) is 46.5 Å². The van der Waals surface area contributed by atoms with Crippen LogP contribution >= 0.6 is 0 Å². The number of carbonyl (C=O) groups excluding carboxylic acids is 1. The molecule has 0 N–H and O–H groups in total. The molecule has 1 aliphatic carbocycles. The lowest BCUT2D eigenvalue weighted by Gasteiger charge is -2.25. The fourth-order valence-electron chi connectivity index (χ4n) is 2.16. The first-order chi connectivity index (χ1) is 6.63. The third-order valence-electron chi connectivity index (χ3n) is 3.30. The van der Waals surface area contributed by atoms with E-state index in [0.29, 0.717) is 0 Å². The van der Waals surface area contributed by atoms with Gasteiger partial charge in [-0.2, -0.15) is 0 Å². The van der Waals surface area contributed by atoms with Crippen LogP contribution in [0.4, 0.5) is 0 Å². The van der Waals surface area contributed by atoms with Crippen molar-refractivity contribution < 1.29 is 4.79 Å². The molecule has 1 rings (SSSR count). The van der Waals surface area contributed by atoms with E-state index >= 15 is 0 Å². The van der Waals surface area contributed by atoms with Crippen molar-refractivity contribution in [3.63, 3.8) is 0 Å². The molecule has 2 atom stereocenters. The maximum Gasteiger partial charge on any atom is 0.123 e. The SMILES string of the molecule is CC(C)[C@@H]1CC=C(C[C@H](C)C=O)CC1. The second-order valence-electron chi connectivity index (χ2n) is 4.96. The van der Waals surface area contributed by atoms with Gasteiger partial charge in [0.2, 0.25) is 0 Å². The molecule has 14 heavy (non-hydrogen) atoms. The van der Waals surface area contributed by atoms with Gasteiger partial charge in [-0.05, 0) is 37.5 Å². The standard InChI is InChI=1S/C13H22O/c1-10(2)13-6-4-12(5-7-13)8-11(3)9-14/h4,9-11,13H,5-8H2,1-3H3/t11-,13+/m0/s1. The van der Waals surface area contributed by atoms with Crippen LogP contribution in [0, 0.1) is 17.8 Å². The summed E-state index contributed by atoms with van der Waals surface area (Å²) in [5.74, 6) is 1.87. The van der Waals surface area contributed by atoms with E-state index in [2.05, 4.69) is 19.9 Å². The number of hydrogen-bond donors (Lipinski definition) is 0. The monoisotopic (exact) mass is 194 g/mol. The predicted octanol–water partition coefficient (Wildman–Crippen LogP) is 3.59. The minimum absolute atomic E-state index is 0.205. The summed E-state index contributed by atoms with van der Waals surface area (Å²) in [4.78, 5) is 10.5. The van der Waals surface area contributed by atoms with Crippen LogP contribution in [-0.4, -0.2) is 6.29 Å². The average molecular weight is 194 g/mol. The summed E-state index contributed by atoms with van der Waals surface area (Å²) in [6.45, 7) is 6.61. The first kappa shape index (κ1) is 11.5. The highest BCUT2D eigenvalue weighted by molar-refractivity contribution is 5.53. The summed E-state index contributed by atoms with van der Waals surface area (Å²) in [6.07, 6.45) is 8.16. The third kappa shape index (κ3) is 3.28. The largest absolute Gasteiger partial charge is 0.303 e. The van der Waals surface area contributed by atoms with Gasteiger partial charge >= 0.3 is 0 Å². The molecule has 80 valence electrons. The molecule has 0 saturated heterocycles. The van der Waals surface area contributed by atoms with E-state index in [1.54, 1.807) is 0 Å². The van der Waals surface area contributed by atoms with E-state index in [4.69, 9.17) is 0 Å². The van der Waals surface area contributed by atoms with Crippen LogP contribution in [0.3, 0.4) is 0 Å². The number of rotatable bonds is 4. The predicted molar refractivity (Wildman–Crippen MR) is 60.1 cm³/mol. The van der Waals surface area contributed by atoms with E-state index in [0.717, 1.165) is 24.5 Å². The highest BCUT2D eigenvalue weighted by atomic mass is 16.1. The van der Waals surface area contributed by atoms with E-state index in [9.17, 15) is 4.79 Å². The molecule has 0 saturated carbocycles. The fourth-order valence-corrected chi connectivity index (χ4v) is 2.16. The molecular weight excluding hydrogens is 172 g/mol. The summed E-state index contributed by atoms with van der Waals surface area (Å²) in [5, 5.41) is 0. The van der Waals surface area contributed by atoms with Crippen molar-refractivity contribution in [3.05, 3.63) is 11.6 Å². The Bertz CT molecular complexity index is 215. The molecule has 0 fully saturated rings. The van der Waals surface area contributed by atoms with Crippen LogP contribution in [0.25, 0.3) is 0 Å². The van der Waals surface area contributed by atoms with Crippen LogP contribution < -0.4 is 0 Å². The van der Waals surface area contributed by atoms with Crippen molar-refractivity contribution in [1.82, 2.24) is 0 Å². The zero-order valence-electron chi connectivity index (χ0n) is 9.62. The second kappa shape index (κ2) is 5.33. The Balaban J connectivity index is 2.41. The number of carbonyl (C=O) groups is 1. The van der Waals surface area contributed by atoms with Gasteiger partial charge in [-0.3, -0.25) is 0 Å². The average Bonchev–Trinajstić information content (AvgIpc) is 2.18. The summed E-state index contributed by atoms with van der Waals surface area (Å²) < 4.78 is 0. The van der Waals surface area contributed by atoms with E-state index < -0.39 is 0 Å². The van der Waals surface area contributed by atoms with Crippen molar-refractivity contribution in [2.24, 2.45) is 17.8 Å². The summed E-state index contributed by atoms with van der Waals surface area (Å²) in [7, 11) is 0. The first-order valence-corrected chi connectivity index (χ1v) is 5.76. The third-order valence-corrected chi connectivity index (χ3v) is 3.30. The van der Waals surface area contributed by atoms with Crippen LogP contribution in [0.2, 0.25) is 0 Å². The van der Waals surface area contributed by atoms with Crippen molar-refractivity contribution in [2.75, 3.05) is 0 Å². The lowest BCUT2D eigenvalue weighted by molar-refractivity contribution is -0.110. The molecule has 1 nitrogen and oxygen atoms in total. The normalized spacial score (nSPS) is 24.6. The Morgan fingerprint density at radius 3 is 2.64 bits per heavy atom. The highest BCUT2D eigenvalue weighted by Crippen LogP contribution is 2.31. The van der Waals surface area contributed by atoms with Gasteiger partial charge in [0.05, 0.1) is 0 Å². The molecule has 0 heterocycles. The van der Waals surface area contributed by atoms with Gasteiger partial charge in [0.1, 0.15) is 6.29 Å². The Morgan fingerprint density at radius 2 is 2.21 bits per heavy atom. The van der Waals surface area contributed by atoms with Crippen LogP contribution in [0.5, 0.6) is 0 Å².